The van der Waals surface area contributed by atoms with Crippen LogP contribution in [-0.2, 0) is 57.1 Å². The van der Waals surface area contributed by atoms with E-state index in [1.165, 1.54) is 39.8 Å². The van der Waals surface area contributed by atoms with Crippen molar-refractivity contribution in [2.45, 2.75) is 128 Å². The van der Waals surface area contributed by atoms with E-state index in [9.17, 15) is 39.0 Å². The summed E-state index contributed by atoms with van der Waals surface area (Å²) in [6.07, 6.45) is -12.0. The molecule has 19 nitrogen and oxygen atoms in total. The number of benzene rings is 2. The maximum Gasteiger partial charge on any atom is 0.408 e. The zero-order valence-corrected chi connectivity index (χ0v) is 38.2. The molecule has 4 aliphatic rings. The van der Waals surface area contributed by atoms with Crippen LogP contribution >= 0.6 is 0 Å². The van der Waals surface area contributed by atoms with Gasteiger partial charge in [-0.05, 0) is 63.5 Å². The quantitative estimate of drug-likeness (QED) is 0.116. The third-order valence-corrected chi connectivity index (χ3v) is 13.4. The zero-order chi connectivity index (χ0) is 48.7. The highest BCUT2D eigenvalue weighted by molar-refractivity contribution is 5.96. The smallest absolute Gasteiger partial charge is 0.408 e. The van der Waals surface area contributed by atoms with Crippen molar-refractivity contribution in [1.82, 2.24) is 5.32 Å². The molecule has 358 valence electrons. The highest BCUT2D eigenvalue weighted by Gasteiger charge is 2.79. The maximum absolute atomic E-state index is 15.9. The lowest BCUT2D eigenvalue weighted by Crippen LogP contribution is -2.82. The first-order valence-electron chi connectivity index (χ1n) is 21.6. The first-order chi connectivity index (χ1) is 30.9. The van der Waals surface area contributed by atoms with Crippen LogP contribution in [0.3, 0.4) is 0 Å². The van der Waals surface area contributed by atoms with Gasteiger partial charge in [0.25, 0.3) is 0 Å². The summed E-state index contributed by atoms with van der Waals surface area (Å²) in [6.45, 7) is 10.2. The normalized spacial score (nSPS) is 30.8. The first-order valence-corrected chi connectivity index (χ1v) is 21.6. The number of Topliss-reactive ketones (excluding diaryl/α,β-unsaturated/α-hetero) is 1. The fourth-order valence-electron chi connectivity index (χ4n) is 10.2. The highest BCUT2D eigenvalue weighted by Crippen LogP contribution is 2.65. The molecule has 2 bridgehead atoms. The Bertz CT molecular complexity index is 2260. The summed E-state index contributed by atoms with van der Waals surface area (Å²) in [7, 11) is 0. The summed E-state index contributed by atoms with van der Waals surface area (Å²) in [5.41, 5.74) is 2.51. The molecule has 3 aliphatic carbocycles. The first kappa shape index (κ1) is 49.7. The Morgan fingerprint density at radius 3 is 2.03 bits per heavy atom. The van der Waals surface area contributed by atoms with Gasteiger partial charge in [0.1, 0.15) is 35.6 Å². The minimum atomic E-state index is -2.50. The van der Waals surface area contributed by atoms with E-state index in [2.05, 4.69) is 5.32 Å². The average Bonchev–Trinajstić information content (AvgIpc) is 3.25. The molecule has 0 radical (unpaired) electrons. The molecule has 11 atom stereocenters. The number of rotatable bonds is 12. The number of amides is 1. The number of nitrogens with one attached hydrogen (secondary N) is 1. The third-order valence-electron chi connectivity index (χ3n) is 13.4. The summed E-state index contributed by atoms with van der Waals surface area (Å²) >= 11 is 0. The van der Waals surface area contributed by atoms with Gasteiger partial charge in [-0.15, -0.1) is 0 Å². The minimum absolute atomic E-state index is 0.0203. The highest BCUT2D eigenvalue weighted by atomic mass is 16.6. The number of hydrogen-bond acceptors (Lipinski definition) is 18. The Morgan fingerprint density at radius 1 is 0.894 bits per heavy atom. The lowest BCUT2D eigenvalue weighted by molar-refractivity contribution is -0.346. The SMILES string of the molecule is CC(=O)O[C@@]12CO[C@@H]1C[C@H](OC(=O)CN)[C@@]1(C)C(=O)[C@H](OC(=O)CN)C3=C(C)[C@@H](OC(=O)C(O)C(NC(=O)OC(C)(C)C)c4ccccc4)C[C@@](O)([C@@H](OC(=O)c4ccccc4)[C@H]21)C3(C)C. The second-order valence-electron chi connectivity index (χ2n) is 18.9. The maximum atomic E-state index is 15.9. The molecule has 66 heavy (non-hydrogen) atoms. The van der Waals surface area contributed by atoms with Gasteiger partial charge in [0.2, 0.25) is 0 Å². The molecule has 7 N–H and O–H groups in total. The van der Waals surface area contributed by atoms with E-state index in [0.717, 1.165) is 6.92 Å². The van der Waals surface area contributed by atoms with Crippen LogP contribution in [0, 0.1) is 16.7 Å². The van der Waals surface area contributed by atoms with E-state index in [-0.39, 0.29) is 29.7 Å². The number of aliphatic hydroxyl groups excluding tert-OH is 1. The molecular weight excluding hydrogens is 863 g/mol. The largest absolute Gasteiger partial charge is 0.460 e. The van der Waals surface area contributed by atoms with Gasteiger partial charge >= 0.3 is 35.9 Å². The number of carbonyl (C=O) groups excluding carboxylic acids is 7. The van der Waals surface area contributed by atoms with Crippen LogP contribution < -0.4 is 16.8 Å². The Hall–Kier alpha value is -5.73. The van der Waals surface area contributed by atoms with Gasteiger partial charge < -0.3 is 60.2 Å². The van der Waals surface area contributed by atoms with E-state index < -0.39 is 137 Å². The van der Waals surface area contributed by atoms with Gasteiger partial charge in [-0.1, -0.05) is 62.4 Å². The van der Waals surface area contributed by atoms with Crippen molar-refractivity contribution in [2.75, 3.05) is 19.7 Å². The fourth-order valence-corrected chi connectivity index (χ4v) is 10.2. The monoisotopic (exact) mass is 921 g/mol. The van der Waals surface area contributed by atoms with Gasteiger partial charge in [-0.25, -0.2) is 14.4 Å². The van der Waals surface area contributed by atoms with E-state index in [0.29, 0.717) is 5.56 Å². The molecule has 1 amide bonds. The predicted octanol–water partition coefficient (Wildman–Crippen LogP) is 2.28. The van der Waals surface area contributed by atoms with Crippen LogP contribution in [0.1, 0.15) is 90.2 Å². The van der Waals surface area contributed by atoms with Crippen molar-refractivity contribution in [3.8, 4) is 0 Å². The van der Waals surface area contributed by atoms with E-state index in [1.807, 2.05) is 0 Å². The molecular formula is C47H59N3O16. The van der Waals surface area contributed by atoms with Crippen LogP contribution in [0.5, 0.6) is 0 Å². The van der Waals surface area contributed by atoms with Gasteiger partial charge in [-0.3, -0.25) is 19.2 Å². The Kier molecular flexibility index (Phi) is 13.9. The number of esters is 5. The molecule has 3 fully saturated rings. The molecule has 1 aliphatic heterocycles. The lowest BCUT2D eigenvalue weighted by Gasteiger charge is -2.67. The van der Waals surface area contributed by atoms with Gasteiger partial charge in [0.15, 0.2) is 23.6 Å². The summed E-state index contributed by atoms with van der Waals surface area (Å²) in [5.74, 6) is -7.75. The molecule has 0 aromatic heterocycles. The predicted molar refractivity (Wildman–Crippen MR) is 229 cm³/mol. The fraction of sp³-hybridized carbons (Fsp3) is 0.553. The number of hydrogen-bond donors (Lipinski definition) is 5. The van der Waals surface area contributed by atoms with Gasteiger partial charge in [-0.2, -0.15) is 0 Å². The molecule has 2 unspecified atom stereocenters. The van der Waals surface area contributed by atoms with E-state index in [1.54, 1.807) is 69.3 Å². The molecule has 0 spiro atoms. The topological polar surface area (TPSA) is 289 Å². The Labute approximate surface area is 381 Å². The van der Waals surface area contributed by atoms with Crippen LogP contribution in [0.15, 0.2) is 71.8 Å². The number of ether oxygens (including phenoxy) is 7. The number of nitrogens with two attached hydrogens (primary N) is 2. The minimum Gasteiger partial charge on any atom is -0.460 e. The molecule has 1 saturated heterocycles. The van der Waals surface area contributed by atoms with Gasteiger partial charge in [0.05, 0.1) is 42.6 Å². The van der Waals surface area contributed by atoms with Crippen LogP contribution in [0.2, 0.25) is 0 Å². The second-order valence-corrected chi connectivity index (χ2v) is 18.9. The van der Waals surface area contributed by atoms with Crippen molar-refractivity contribution >= 4 is 41.7 Å². The standard InChI is InChI=1S/C47H59N3O16/c1-24-28(61-41(57)35(54)34(26-15-11-9-12-16-26)50-42(58)66-43(3,4)5)20-47(59)39(64-40(56)27-17-13-10-14-18-27)37-45(8,38(55)36(63-32(53)22-49)33(24)44(47,6)7)29(62-31(52)21-48)19-30-46(37,23-60-30)65-25(2)51/h9-18,28-30,34-37,39,54,59H,19-23,48-49H2,1-8H3,(H,50,58)/t28-,29-,30+,34?,35?,36+,37-,39-,45+,46-,47+/m0/s1. The summed E-state index contributed by atoms with van der Waals surface area (Å²) in [5, 5.41) is 28.2. The Morgan fingerprint density at radius 2 is 1.48 bits per heavy atom. The zero-order valence-electron chi connectivity index (χ0n) is 38.2. The number of carbonyl (C=O) groups is 7. The molecule has 2 saturated carbocycles. The number of fused-ring (bicyclic) bond motifs is 5. The molecule has 2 aromatic rings. The van der Waals surface area contributed by atoms with Crippen molar-refractivity contribution in [1.29, 1.82) is 0 Å². The van der Waals surface area contributed by atoms with Crippen molar-refractivity contribution < 1.29 is 76.9 Å². The summed E-state index contributed by atoms with van der Waals surface area (Å²) in [4.78, 5) is 97.5. The molecule has 6 rings (SSSR count). The molecule has 19 heteroatoms. The van der Waals surface area contributed by atoms with E-state index >= 15 is 4.79 Å². The van der Waals surface area contributed by atoms with Crippen LogP contribution in [-0.4, -0.2) is 125 Å². The van der Waals surface area contributed by atoms with E-state index in [4.69, 9.17) is 44.6 Å². The third kappa shape index (κ3) is 8.93. The number of alkyl carbamates (subject to hydrolysis) is 1. The molecule has 2 aromatic carbocycles. The molecule has 1 heterocycles. The second kappa shape index (κ2) is 18.5. The van der Waals surface area contributed by atoms with Crippen molar-refractivity contribution in [2.24, 2.45) is 28.2 Å². The van der Waals surface area contributed by atoms with Crippen molar-refractivity contribution in [3.05, 3.63) is 82.9 Å². The van der Waals surface area contributed by atoms with Crippen LogP contribution in [0.25, 0.3) is 0 Å². The number of aliphatic hydroxyl groups is 2. The average molecular weight is 922 g/mol. The number of ketones is 1. The summed E-state index contributed by atoms with van der Waals surface area (Å²) in [6, 6.07) is 14.3. The lowest BCUT2D eigenvalue weighted by atomic mass is 9.44. The van der Waals surface area contributed by atoms with Crippen molar-refractivity contribution in [3.63, 3.8) is 0 Å². The van der Waals surface area contributed by atoms with Crippen LogP contribution in [0.4, 0.5) is 4.79 Å². The summed E-state index contributed by atoms with van der Waals surface area (Å²) < 4.78 is 41.9. The van der Waals surface area contributed by atoms with Gasteiger partial charge in [0, 0.05) is 25.2 Å². The Balaban J connectivity index is 1.59.